The van der Waals surface area contributed by atoms with E-state index in [2.05, 4.69) is 6.92 Å². The maximum atomic E-state index is 13.0. The van der Waals surface area contributed by atoms with Gasteiger partial charge in [-0.3, -0.25) is 0 Å². The Labute approximate surface area is 170 Å². The largest absolute Gasteiger partial charge is 0.458 e. The van der Waals surface area contributed by atoms with Gasteiger partial charge in [0.15, 0.2) is 0 Å². The van der Waals surface area contributed by atoms with Crippen molar-refractivity contribution in [2.24, 2.45) is 16.7 Å². The molecule has 0 spiro atoms. The number of methoxy groups -OCH3 is 1. The van der Waals surface area contributed by atoms with Crippen molar-refractivity contribution >= 4 is 11.9 Å². The van der Waals surface area contributed by atoms with Crippen LogP contribution in [0.1, 0.15) is 43.5 Å². The van der Waals surface area contributed by atoms with Crippen molar-refractivity contribution in [1.29, 1.82) is 0 Å². The third kappa shape index (κ3) is 3.01. The third-order valence-corrected chi connectivity index (χ3v) is 7.24. The Bertz CT molecular complexity index is 846. The Morgan fingerprint density at radius 2 is 1.97 bits per heavy atom. The lowest BCUT2D eigenvalue weighted by atomic mass is 9.48. The highest BCUT2D eigenvalue weighted by Gasteiger charge is 2.63. The summed E-state index contributed by atoms with van der Waals surface area (Å²) in [4.78, 5) is 25.5. The summed E-state index contributed by atoms with van der Waals surface area (Å²) in [5, 5.41) is 10.3. The standard InChI is InChI=1S/C23H28O6/c1-22(13-24)10-7-11-23(2)15-12-28-21(26)16(15)17(27-3)18(19(22)23)29-20(25)14-8-5-4-6-9-14/h4-6,8-9,17-19,24H,7,10-13H2,1-3H3/t17-,18-,19-,22+,23-/m1/s1. The summed E-state index contributed by atoms with van der Waals surface area (Å²) >= 11 is 0. The van der Waals surface area contributed by atoms with Gasteiger partial charge in [0.05, 0.1) is 11.1 Å². The number of carbonyl (C=O) groups is 2. The van der Waals surface area contributed by atoms with Gasteiger partial charge in [-0.1, -0.05) is 38.5 Å². The third-order valence-electron chi connectivity index (χ3n) is 7.24. The van der Waals surface area contributed by atoms with Crippen LogP contribution in [0.2, 0.25) is 0 Å². The number of rotatable bonds is 4. The van der Waals surface area contributed by atoms with Crippen LogP contribution in [0.3, 0.4) is 0 Å². The average Bonchev–Trinajstić information content (AvgIpc) is 3.11. The number of fused-ring (bicyclic) bond motifs is 2. The van der Waals surface area contributed by atoms with Crippen molar-refractivity contribution in [3.05, 3.63) is 47.0 Å². The van der Waals surface area contributed by atoms with Crippen LogP contribution in [0.5, 0.6) is 0 Å². The predicted molar refractivity (Wildman–Crippen MR) is 105 cm³/mol. The molecule has 1 N–H and O–H groups in total. The van der Waals surface area contributed by atoms with Crippen LogP contribution >= 0.6 is 0 Å². The van der Waals surface area contributed by atoms with Gasteiger partial charge >= 0.3 is 11.9 Å². The lowest BCUT2D eigenvalue weighted by molar-refractivity contribution is -0.149. The molecule has 1 saturated carbocycles. The number of carbonyl (C=O) groups excluding carboxylic acids is 2. The van der Waals surface area contributed by atoms with Crippen LogP contribution in [0.25, 0.3) is 0 Å². The van der Waals surface area contributed by atoms with E-state index in [1.165, 1.54) is 7.11 Å². The molecule has 5 atom stereocenters. The second-order valence-corrected chi connectivity index (χ2v) is 8.92. The van der Waals surface area contributed by atoms with Crippen LogP contribution in [0.15, 0.2) is 41.5 Å². The first-order valence-electron chi connectivity index (χ1n) is 10.2. The molecule has 0 unspecified atom stereocenters. The van der Waals surface area contributed by atoms with Gasteiger partial charge in [-0.2, -0.15) is 0 Å². The molecule has 156 valence electrons. The molecule has 0 radical (unpaired) electrons. The molecular formula is C23H28O6. The molecule has 1 heterocycles. The second-order valence-electron chi connectivity index (χ2n) is 8.92. The van der Waals surface area contributed by atoms with Crippen LogP contribution in [-0.4, -0.2) is 49.6 Å². The zero-order chi connectivity index (χ0) is 20.8. The van der Waals surface area contributed by atoms with Gasteiger partial charge in [-0.25, -0.2) is 9.59 Å². The number of esters is 2. The highest BCUT2D eigenvalue weighted by molar-refractivity contribution is 5.94. The Hall–Kier alpha value is -2.18. The molecule has 1 aliphatic heterocycles. The Kier molecular flexibility index (Phi) is 5.03. The molecule has 0 aromatic heterocycles. The SMILES string of the molecule is CO[C@@H]1C2=C(COC2=O)[C@@]2(C)CCC[C@@](C)(CO)[C@H]2[C@@H]1OC(=O)c1ccccc1. The zero-order valence-corrected chi connectivity index (χ0v) is 17.1. The molecule has 3 aliphatic rings. The Balaban J connectivity index is 1.82. The lowest BCUT2D eigenvalue weighted by Gasteiger charge is -2.57. The molecular weight excluding hydrogens is 372 g/mol. The van der Waals surface area contributed by atoms with E-state index in [4.69, 9.17) is 14.2 Å². The van der Waals surface area contributed by atoms with Gasteiger partial charge in [0, 0.05) is 19.6 Å². The number of aliphatic hydroxyl groups excluding tert-OH is 1. The van der Waals surface area contributed by atoms with E-state index in [0.29, 0.717) is 11.1 Å². The Morgan fingerprint density at radius 1 is 1.24 bits per heavy atom. The van der Waals surface area contributed by atoms with Gasteiger partial charge in [-0.05, 0) is 41.4 Å². The first kappa shape index (κ1) is 20.1. The quantitative estimate of drug-likeness (QED) is 0.783. The second kappa shape index (κ2) is 7.26. The molecule has 2 aliphatic carbocycles. The molecule has 4 rings (SSSR count). The fourth-order valence-corrected chi connectivity index (χ4v) is 5.88. The van der Waals surface area contributed by atoms with E-state index >= 15 is 0 Å². The Morgan fingerprint density at radius 3 is 2.62 bits per heavy atom. The topological polar surface area (TPSA) is 82.1 Å². The summed E-state index contributed by atoms with van der Waals surface area (Å²) in [6, 6.07) is 8.80. The smallest absolute Gasteiger partial charge is 0.338 e. The molecule has 0 amide bonds. The van der Waals surface area contributed by atoms with E-state index in [1.807, 2.05) is 13.0 Å². The van der Waals surface area contributed by atoms with Crippen molar-refractivity contribution in [2.45, 2.75) is 45.3 Å². The summed E-state index contributed by atoms with van der Waals surface area (Å²) in [5.74, 6) is -1.05. The van der Waals surface area contributed by atoms with Crippen molar-refractivity contribution in [3.8, 4) is 0 Å². The van der Waals surface area contributed by atoms with E-state index in [0.717, 1.165) is 24.8 Å². The minimum Gasteiger partial charge on any atom is -0.458 e. The normalized spacial score (nSPS) is 36.3. The summed E-state index contributed by atoms with van der Waals surface area (Å²) < 4.78 is 17.2. The summed E-state index contributed by atoms with van der Waals surface area (Å²) in [6.45, 7) is 4.36. The molecule has 6 heteroatoms. The van der Waals surface area contributed by atoms with Crippen LogP contribution in [0.4, 0.5) is 0 Å². The van der Waals surface area contributed by atoms with E-state index in [1.54, 1.807) is 24.3 Å². The number of hydrogen-bond acceptors (Lipinski definition) is 6. The molecule has 1 aromatic rings. The van der Waals surface area contributed by atoms with Gasteiger partial charge in [0.2, 0.25) is 0 Å². The fraction of sp³-hybridized carbons (Fsp3) is 0.565. The molecule has 0 saturated heterocycles. The van der Waals surface area contributed by atoms with Crippen molar-refractivity contribution < 1.29 is 28.9 Å². The fourth-order valence-electron chi connectivity index (χ4n) is 5.88. The number of aliphatic hydroxyl groups is 1. The van der Waals surface area contributed by atoms with Crippen molar-refractivity contribution in [1.82, 2.24) is 0 Å². The van der Waals surface area contributed by atoms with Crippen molar-refractivity contribution in [3.63, 3.8) is 0 Å². The number of cyclic esters (lactones) is 1. The summed E-state index contributed by atoms with van der Waals surface area (Å²) in [5.41, 5.74) is 0.994. The lowest BCUT2D eigenvalue weighted by Crippen LogP contribution is -2.60. The monoisotopic (exact) mass is 400 g/mol. The average molecular weight is 400 g/mol. The summed E-state index contributed by atoms with van der Waals surface area (Å²) in [7, 11) is 1.52. The van der Waals surface area contributed by atoms with Gasteiger partial charge < -0.3 is 19.3 Å². The van der Waals surface area contributed by atoms with Crippen LogP contribution in [-0.2, 0) is 19.0 Å². The maximum Gasteiger partial charge on any atom is 0.338 e. The molecule has 1 aromatic carbocycles. The maximum absolute atomic E-state index is 13.0. The number of hydrogen-bond donors (Lipinski definition) is 1. The predicted octanol–water partition coefficient (Wildman–Crippen LogP) is 2.90. The van der Waals surface area contributed by atoms with Crippen molar-refractivity contribution in [2.75, 3.05) is 20.3 Å². The number of benzene rings is 1. The zero-order valence-electron chi connectivity index (χ0n) is 17.1. The van der Waals surface area contributed by atoms with Crippen LogP contribution < -0.4 is 0 Å². The van der Waals surface area contributed by atoms with E-state index in [-0.39, 0.29) is 19.1 Å². The van der Waals surface area contributed by atoms with Gasteiger partial charge in [-0.15, -0.1) is 0 Å². The minimum absolute atomic E-state index is 0.0273. The summed E-state index contributed by atoms with van der Waals surface area (Å²) in [6.07, 6.45) is 1.18. The first-order valence-corrected chi connectivity index (χ1v) is 10.2. The highest BCUT2D eigenvalue weighted by Crippen LogP contribution is 2.61. The molecule has 1 fully saturated rings. The number of ether oxygens (including phenoxy) is 3. The van der Waals surface area contributed by atoms with Crippen LogP contribution in [0, 0.1) is 16.7 Å². The van der Waals surface area contributed by atoms with Gasteiger partial charge in [0.1, 0.15) is 18.8 Å². The van der Waals surface area contributed by atoms with Gasteiger partial charge in [0.25, 0.3) is 0 Å². The molecule has 29 heavy (non-hydrogen) atoms. The van der Waals surface area contributed by atoms with E-state index in [9.17, 15) is 14.7 Å². The minimum atomic E-state index is -0.713. The highest BCUT2D eigenvalue weighted by atomic mass is 16.6. The first-order chi connectivity index (χ1) is 13.9. The molecule has 0 bridgehead atoms. The molecule has 6 nitrogen and oxygen atoms in total. The van der Waals surface area contributed by atoms with E-state index < -0.39 is 35.0 Å².